The van der Waals surface area contributed by atoms with Gasteiger partial charge < -0.3 is 15.1 Å². The first-order valence-electron chi connectivity index (χ1n) is 10.6. The molecule has 2 aromatic carbocycles. The number of hydrogen-bond acceptors (Lipinski definition) is 3. The van der Waals surface area contributed by atoms with E-state index < -0.39 is 5.66 Å². The summed E-state index contributed by atoms with van der Waals surface area (Å²) >= 11 is 0. The maximum atomic E-state index is 12.5. The molecule has 1 amide bonds. The van der Waals surface area contributed by atoms with Gasteiger partial charge in [-0.15, -0.1) is 0 Å². The number of fused-ring (bicyclic) bond motifs is 3. The molecule has 0 saturated carbocycles. The van der Waals surface area contributed by atoms with Crippen LogP contribution < -0.4 is 15.1 Å². The minimum Gasteiger partial charge on any atom is -0.378 e. The zero-order valence-corrected chi connectivity index (χ0v) is 18.6. The van der Waals surface area contributed by atoms with Gasteiger partial charge in [0, 0.05) is 43.9 Å². The fourth-order valence-corrected chi connectivity index (χ4v) is 4.71. The highest BCUT2D eigenvalue weighted by molar-refractivity contribution is 5.84. The normalized spacial score (nSPS) is 22.3. The molecule has 4 nitrogen and oxygen atoms in total. The van der Waals surface area contributed by atoms with E-state index in [0.717, 1.165) is 12.1 Å². The summed E-state index contributed by atoms with van der Waals surface area (Å²) in [5.41, 5.74) is 5.28. The van der Waals surface area contributed by atoms with E-state index in [4.69, 9.17) is 0 Å². The number of nitrogens with one attached hydrogen (secondary N) is 1. The zero-order chi connectivity index (χ0) is 21.5. The molecule has 2 heterocycles. The second-order valence-corrected chi connectivity index (χ2v) is 9.07. The molecular formula is C26H31N3O. The SMILES string of the molecule is Cc1ccc2c(c1)C(C)(C)[C@@]1(C=CC=Cc3ccc(N(C)C)cc3)NC(=O)CCN21. The summed E-state index contributed by atoms with van der Waals surface area (Å²) < 4.78 is 0. The van der Waals surface area contributed by atoms with Gasteiger partial charge in [-0.25, -0.2) is 0 Å². The van der Waals surface area contributed by atoms with Crippen molar-refractivity contribution in [3.63, 3.8) is 0 Å². The van der Waals surface area contributed by atoms with E-state index in [1.807, 2.05) is 14.1 Å². The Kier molecular flexibility index (Phi) is 4.97. The first-order valence-corrected chi connectivity index (χ1v) is 10.6. The molecule has 4 heteroatoms. The van der Waals surface area contributed by atoms with E-state index in [0.29, 0.717) is 6.42 Å². The monoisotopic (exact) mass is 401 g/mol. The quantitative estimate of drug-likeness (QED) is 0.758. The predicted octanol–water partition coefficient (Wildman–Crippen LogP) is 4.64. The molecule has 2 aliphatic rings. The fraction of sp³-hybridized carbons (Fsp3) is 0.346. The Labute approximate surface area is 179 Å². The van der Waals surface area contributed by atoms with Gasteiger partial charge in [0.2, 0.25) is 5.91 Å². The van der Waals surface area contributed by atoms with E-state index in [1.165, 1.54) is 22.5 Å². The maximum absolute atomic E-state index is 12.5. The Hall–Kier alpha value is -3.01. The van der Waals surface area contributed by atoms with Crippen LogP contribution in [0.25, 0.3) is 6.08 Å². The molecule has 0 aromatic heterocycles. The third-order valence-corrected chi connectivity index (χ3v) is 6.53. The van der Waals surface area contributed by atoms with Gasteiger partial charge in [-0.2, -0.15) is 0 Å². The predicted molar refractivity (Wildman–Crippen MR) is 126 cm³/mol. The number of rotatable bonds is 4. The molecule has 0 aliphatic carbocycles. The molecule has 1 atom stereocenters. The fourth-order valence-electron chi connectivity index (χ4n) is 4.71. The van der Waals surface area contributed by atoms with E-state index >= 15 is 0 Å². The summed E-state index contributed by atoms with van der Waals surface area (Å²) in [5.74, 6) is 0.108. The van der Waals surface area contributed by atoms with Crippen LogP contribution in [-0.4, -0.2) is 32.2 Å². The molecule has 4 rings (SSSR count). The lowest BCUT2D eigenvalue weighted by molar-refractivity contribution is -0.124. The van der Waals surface area contributed by atoms with Crippen LogP contribution in [0.3, 0.4) is 0 Å². The second kappa shape index (κ2) is 7.35. The van der Waals surface area contributed by atoms with Crippen molar-refractivity contribution >= 4 is 23.4 Å². The minimum atomic E-state index is -0.558. The van der Waals surface area contributed by atoms with Gasteiger partial charge in [0.15, 0.2) is 0 Å². The first-order chi connectivity index (χ1) is 14.2. The highest BCUT2D eigenvalue weighted by Gasteiger charge is 2.57. The lowest BCUT2D eigenvalue weighted by atomic mass is 9.74. The van der Waals surface area contributed by atoms with Gasteiger partial charge in [-0.05, 0) is 42.3 Å². The number of allylic oxidation sites excluding steroid dienone is 2. The highest BCUT2D eigenvalue weighted by atomic mass is 16.2. The average Bonchev–Trinajstić information content (AvgIpc) is 2.89. The van der Waals surface area contributed by atoms with Crippen LogP contribution in [0.2, 0.25) is 0 Å². The van der Waals surface area contributed by atoms with Crippen molar-refractivity contribution < 1.29 is 4.79 Å². The Morgan fingerprint density at radius 1 is 1.07 bits per heavy atom. The molecule has 1 saturated heterocycles. The molecule has 156 valence electrons. The Balaban J connectivity index is 1.65. The van der Waals surface area contributed by atoms with Crippen molar-refractivity contribution in [3.8, 4) is 0 Å². The van der Waals surface area contributed by atoms with Crippen LogP contribution in [0.1, 0.15) is 37.0 Å². The van der Waals surface area contributed by atoms with Crippen molar-refractivity contribution in [1.82, 2.24) is 5.32 Å². The largest absolute Gasteiger partial charge is 0.378 e. The Bertz CT molecular complexity index is 1020. The summed E-state index contributed by atoms with van der Waals surface area (Å²) in [6.07, 6.45) is 8.90. The molecule has 0 spiro atoms. The van der Waals surface area contributed by atoms with Crippen molar-refractivity contribution in [2.24, 2.45) is 0 Å². The van der Waals surface area contributed by atoms with E-state index in [2.05, 4.69) is 103 Å². The number of carbonyl (C=O) groups is 1. The lowest BCUT2D eigenvalue weighted by Gasteiger charge is -2.49. The molecule has 30 heavy (non-hydrogen) atoms. The summed E-state index contributed by atoms with van der Waals surface area (Å²) in [4.78, 5) is 16.9. The molecule has 0 radical (unpaired) electrons. The van der Waals surface area contributed by atoms with Gasteiger partial charge in [0.05, 0.1) is 0 Å². The average molecular weight is 402 g/mol. The topological polar surface area (TPSA) is 35.6 Å². The van der Waals surface area contributed by atoms with Gasteiger partial charge in [-0.3, -0.25) is 4.79 Å². The van der Waals surface area contributed by atoms with Gasteiger partial charge in [0.25, 0.3) is 0 Å². The minimum absolute atomic E-state index is 0.108. The number of benzene rings is 2. The summed E-state index contributed by atoms with van der Waals surface area (Å²) in [5, 5.41) is 3.33. The van der Waals surface area contributed by atoms with Crippen molar-refractivity contribution in [2.45, 2.75) is 38.3 Å². The van der Waals surface area contributed by atoms with E-state index in [-0.39, 0.29) is 11.3 Å². The van der Waals surface area contributed by atoms with Crippen molar-refractivity contribution in [2.75, 3.05) is 30.4 Å². The number of nitrogens with zero attached hydrogens (tertiary/aromatic N) is 2. The van der Waals surface area contributed by atoms with Crippen LogP contribution >= 0.6 is 0 Å². The van der Waals surface area contributed by atoms with Crippen LogP contribution in [0.15, 0.2) is 60.7 Å². The molecule has 1 N–H and O–H groups in total. The van der Waals surface area contributed by atoms with E-state index in [1.54, 1.807) is 0 Å². The number of amides is 1. The molecule has 2 aliphatic heterocycles. The van der Waals surface area contributed by atoms with Crippen LogP contribution in [0.5, 0.6) is 0 Å². The summed E-state index contributed by atoms with van der Waals surface area (Å²) in [6, 6.07) is 15.1. The molecule has 2 aromatic rings. The number of anilines is 2. The lowest BCUT2D eigenvalue weighted by Crippen LogP contribution is -2.68. The van der Waals surface area contributed by atoms with Crippen LogP contribution in [0.4, 0.5) is 11.4 Å². The molecule has 0 unspecified atom stereocenters. The van der Waals surface area contributed by atoms with E-state index in [9.17, 15) is 4.79 Å². The van der Waals surface area contributed by atoms with Gasteiger partial charge in [-0.1, -0.05) is 61.9 Å². The van der Waals surface area contributed by atoms with Crippen molar-refractivity contribution in [1.29, 1.82) is 0 Å². The second-order valence-electron chi connectivity index (χ2n) is 9.07. The number of carbonyl (C=O) groups excluding carboxylic acids is 1. The van der Waals surface area contributed by atoms with Gasteiger partial charge >= 0.3 is 0 Å². The summed E-state index contributed by atoms with van der Waals surface area (Å²) in [6.45, 7) is 7.31. The van der Waals surface area contributed by atoms with Crippen LogP contribution in [-0.2, 0) is 10.2 Å². The molecule has 0 bridgehead atoms. The first kappa shape index (κ1) is 20.3. The van der Waals surface area contributed by atoms with Gasteiger partial charge in [0.1, 0.15) is 5.66 Å². The molecular weight excluding hydrogens is 370 g/mol. The molecule has 1 fully saturated rings. The Morgan fingerprint density at radius 3 is 2.50 bits per heavy atom. The third kappa shape index (κ3) is 3.20. The zero-order valence-electron chi connectivity index (χ0n) is 18.6. The number of hydrogen-bond donors (Lipinski definition) is 1. The number of aryl methyl sites for hydroxylation is 1. The summed E-state index contributed by atoms with van der Waals surface area (Å²) in [7, 11) is 4.08. The Morgan fingerprint density at radius 2 is 1.80 bits per heavy atom. The maximum Gasteiger partial charge on any atom is 0.223 e. The highest BCUT2D eigenvalue weighted by Crippen LogP contribution is 2.52. The van der Waals surface area contributed by atoms with Crippen LogP contribution in [0, 0.1) is 6.92 Å². The van der Waals surface area contributed by atoms with Crippen molar-refractivity contribution in [3.05, 3.63) is 77.4 Å². The third-order valence-electron chi connectivity index (χ3n) is 6.53. The standard InChI is InChI=1S/C26H31N3O/c1-19-9-14-23-22(18-19)25(2,3)26(27-24(30)15-17-29(23)26)16-7-6-8-20-10-12-21(13-11-20)28(4)5/h6-14,16,18H,15,17H2,1-5H3,(H,27,30)/t26-/m0/s1. The smallest absolute Gasteiger partial charge is 0.223 e.